The zero-order valence-electron chi connectivity index (χ0n) is 20.1. The molecule has 4 rings (SSSR count). The number of aliphatic hydroxyl groups excluding tert-OH is 3. The maximum atomic E-state index is 11.3. The van der Waals surface area contributed by atoms with Gasteiger partial charge in [0, 0.05) is 6.10 Å². The first-order chi connectivity index (χ1) is 13.7. The molecular weight excluding hydrogens is 392 g/mol. The quantitative estimate of drug-likeness (QED) is 0.436. The van der Waals surface area contributed by atoms with E-state index < -0.39 is 26.6 Å². The predicted molar refractivity (Wildman–Crippen MR) is 123 cm³/mol. The molecule has 0 amide bonds. The van der Waals surface area contributed by atoms with Gasteiger partial charge in [0.05, 0.1) is 18.3 Å². The van der Waals surface area contributed by atoms with Gasteiger partial charge in [-0.25, -0.2) is 0 Å². The normalized spacial score (nSPS) is 49.1. The molecule has 3 N–H and O–H groups in total. The third-order valence-electron chi connectivity index (χ3n) is 10.3. The minimum Gasteiger partial charge on any atom is -0.414 e. The van der Waals surface area contributed by atoms with Gasteiger partial charge in [0.2, 0.25) is 0 Å². The van der Waals surface area contributed by atoms with E-state index in [-0.39, 0.29) is 33.8 Å². The summed E-state index contributed by atoms with van der Waals surface area (Å²) in [4.78, 5) is 0. The molecular formula is C25H44O4Si. The molecule has 0 radical (unpaired) electrons. The lowest BCUT2D eigenvalue weighted by molar-refractivity contribution is -0.109. The van der Waals surface area contributed by atoms with Crippen LogP contribution in [0.3, 0.4) is 0 Å². The summed E-state index contributed by atoms with van der Waals surface area (Å²) in [5, 5.41) is 32.6. The Bertz CT molecular complexity index is 712. The first kappa shape index (κ1) is 23.0. The van der Waals surface area contributed by atoms with E-state index >= 15 is 0 Å². The second-order valence-corrected chi connectivity index (χ2v) is 17.7. The van der Waals surface area contributed by atoms with Gasteiger partial charge in [0.25, 0.3) is 0 Å². The Morgan fingerprint density at radius 3 is 2.33 bits per heavy atom. The minimum absolute atomic E-state index is 0.108. The lowest BCUT2D eigenvalue weighted by Crippen LogP contribution is -2.56. The molecule has 4 unspecified atom stereocenters. The second-order valence-electron chi connectivity index (χ2n) is 12.9. The van der Waals surface area contributed by atoms with Crippen molar-refractivity contribution < 1.29 is 19.7 Å². The van der Waals surface area contributed by atoms with Crippen LogP contribution in [0.25, 0.3) is 0 Å². The van der Waals surface area contributed by atoms with Crippen LogP contribution in [0.15, 0.2) is 11.6 Å². The van der Waals surface area contributed by atoms with Crippen LogP contribution in [-0.4, -0.2) is 48.1 Å². The van der Waals surface area contributed by atoms with Gasteiger partial charge in [0.1, 0.15) is 0 Å². The van der Waals surface area contributed by atoms with Crippen LogP contribution in [0.2, 0.25) is 18.1 Å². The summed E-state index contributed by atoms with van der Waals surface area (Å²) in [5.74, 6) is 0.756. The maximum absolute atomic E-state index is 11.3. The Hall–Kier alpha value is -0.203. The van der Waals surface area contributed by atoms with Crippen molar-refractivity contribution in [2.45, 2.75) is 116 Å². The van der Waals surface area contributed by atoms with E-state index in [4.69, 9.17) is 4.43 Å². The van der Waals surface area contributed by atoms with Crippen LogP contribution in [0, 0.1) is 28.6 Å². The fraction of sp³-hybridized carbons (Fsp3) is 0.920. The largest absolute Gasteiger partial charge is 0.414 e. The molecule has 172 valence electrons. The highest BCUT2D eigenvalue weighted by atomic mass is 28.4. The van der Waals surface area contributed by atoms with Crippen LogP contribution in [0.1, 0.15) is 73.1 Å². The number of aliphatic hydroxyl groups is 3. The first-order valence-electron chi connectivity index (χ1n) is 12.1. The summed E-state index contributed by atoms with van der Waals surface area (Å²) in [6.45, 7) is 16.1. The van der Waals surface area contributed by atoms with E-state index in [2.05, 4.69) is 53.8 Å². The Balaban J connectivity index is 1.59. The number of hydrogen-bond donors (Lipinski definition) is 3. The highest BCUT2D eigenvalue weighted by Gasteiger charge is 2.62. The van der Waals surface area contributed by atoms with Crippen molar-refractivity contribution in [3.05, 3.63) is 11.6 Å². The van der Waals surface area contributed by atoms with Crippen LogP contribution in [0.4, 0.5) is 0 Å². The number of rotatable bonds is 2. The van der Waals surface area contributed by atoms with Crippen molar-refractivity contribution in [3.8, 4) is 0 Å². The molecule has 0 heterocycles. The molecule has 0 saturated heterocycles. The molecule has 5 heteroatoms. The molecule has 9 atom stereocenters. The highest BCUT2D eigenvalue weighted by Crippen LogP contribution is 2.65. The molecule has 4 nitrogen and oxygen atoms in total. The fourth-order valence-corrected chi connectivity index (χ4v) is 8.69. The Labute approximate surface area is 184 Å². The van der Waals surface area contributed by atoms with Gasteiger partial charge in [0.15, 0.2) is 8.32 Å². The third-order valence-corrected chi connectivity index (χ3v) is 14.9. The Morgan fingerprint density at radius 2 is 1.70 bits per heavy atom. The monoisotopic (exact) mass is 436 g/mol. The smallest absolute Gasteiger partial charge is 0.192 e. The molecule has 0 aliphatic heterocycles. The maximum Gasteiger partial charge on any atom is 0.192 e. The van der Waals surface area contributed by atoms with Gasteiger partial charge >= 0.3 is 0 Å². The van der Waals surface area contributed by atoms with Gasteiger partial charge in [-0.1, -0.05) is 46.3 Å². The molecule has 3 saturated carbocycles. The molecule has 3 fully saturated rings. The van der Waals surface area contributed by atoms with Crippen molar-refractivity contribution >= 4 is 8.32 Å². The molecule has 0 aromatic heterocycles. The molecule has 30 heavy (non-hydrogen) atoms. The van der Waals surface area contributed by atoms with Gasteiger partial charge in [-0.3, -0.25) is 0 Å². The summed E-state index contributed by atoms with van der Waals surface area (Å²) in [5.41, 5.74) is 1.23. The van der Waals surface area contributed by atoms with Crippen LogP contribution in [0.5, 0.6) is 0 Å². The van der Waals surface area contributed by atoms with E-state index in [9.17, 15) is 15.3 Å². The summed E-state index contributed by atoms with van der Waals surface area (Å²) in [6, 6.07) is 0. The van der Waals surface area contributed by atoms with E-state index in [1.54, 1.807) is 0 Å². The molecule has 0 aromatic rings. The summed E-state index contributed by atoms with van der Waals surface area (Å²) >= 11 is 0. The average molecular weight is 437 g/mol. The summed E-state index contributed by atoms with van der Waals surface area (Å²) in [6.07, 6.45) is 6.34. The van der Waals surface area contributed by atoms with Crippen molar-refractivity contribution in [3.63, 3.8) is 0 Å². The van der Waals surface area contributed by atoms with Crippen molar-refractivity contribution in [1.82, 2.24) is 0 Å². The first-order valence-corrected chi connectivity index (χ1v) is 15.0. The SMILES string of the molecule is CC(C)(C)[Si](C)(C)OC1CC[C@@]2(C)C(=CC(O)[C@@H]3[C@H]2CC[C@]2(C)C(O)C(O)C[C@@H]32)C1. The highest BCUT2D eigenvalue weighted by molar-refractivity contribution is 6.74. The predicted octanol–water partition coefficient (Wildman–Crippen LogP) is 4.64. The van der Waals surface area contributed by atoms with Gasteiger partial charge in [-0.15, -0.1) is 0 Å². The van der Waals surface area contributed by atoms with Crippen molar-refractivity contribution in [2.75, 3.05) is 0 Å². The van der Waals surface area contributed by atoms with Gasteiger partial charge in [-0.05, 0) is 85.2 Å². The van der Waals surface area contributed by atoms with Gasteiger partial charge < -0.3 is 19.7 Å². The van der Waals surface area contributed by atoms with E-state index in [1.165, 1.54) is 5.57 Å². The van der Waals surface area contributed by atoms with Crippen molar-refractivity contribution in [1.29, 1.82) is 0 Å². The number of hydrogen-bond acceptors (Lipinski definition) is 4. The fourth-order valence-electron chi connectivity index (χ4n) is 7.30. The number of fused-ring (bicyclic) bond motifs is 5. The van der Waals surface area contributed by atoms with E-state index in [0.717, 1.165) is 32.1 Å². The zero-order valence-corrected chi connectivity index (χ0v) is 21.1. The lowest BCUT2D eigenvalue weighted by atomic mass is 9.47. The van der Waals surface area contributed by atoms with Crippen LogP contribution in [-0.2, 0) is 4.43 Å². The molecule has 0 bridgehead atoms. The molecule has 0 aromatic carbocycles. The standard InChI is InChI=1S/C25H44O4Si/c1-23(2,3)30(6,7)29-16-8-10-24(4)15(12-16)13-19(26)21-17(24)9-11-25(5)18(21)14-20(27)22(25)28/h13,16-22,26-28H,8-12,14H2,1-7H3/t16?,17-,18+,19?,20?,21-,22?,24+,25+/m1/s1. The average Bonchev–Trinajstić information content (AvgIpc) is 2.85. The third kappa shape index (κ3) is 3.30. The molecule has 4 aliphatic rings. The Kier molecular flexibility index (Phi) is 5.47. The molecule has 0 spiro atoms. The topological polar surface area (TPSA) is 69.9 Å². The summed E-state index contributed by atoms with van der Waals surface area (Å²) < 4.78 is 6.77. The van der Waals surface area contributed by atoms with Crippen LogP contribution < -0.4 is 0 Å². The molecule has 4 aliphatic carbocycles. The minimum atomic E-state index is -1.81. The van der Waals surface area contributed by atoms with E-state index in [1.807, 2.05) is 0 Å². The summed E-state index contributed by atoms with van der Waals surface area (Å²) in [7, 11) is -1.81. The zero-order chi connectivity index (χ0) is 22.3. The van der Waals surface area contributed by atoms with Gasteiger partial charge in [-0.2, -0.15) is 0 Å². The van der Waals surface area contributed by atoms with E-state index in [0.29, 0.717) is 12.3 Å². The Morgan fingerprint density at radius 1 is 1.03 bits per heavy atom. The second kappa shape index (κ2) is 7.15. The van der Waals surface area contributed by atoms with Crippen molar-refractivity contribution in [2.24, 2.45) is 28.6 Å². The van der Waals surface area contributed by atoms with Crippen LogP contribution >= 0.6 is 0 Å². The lowest BCUT2D eigenvalue weighted by Gasteiger charge is -2.59.